The third-order valence-corrected chi connectivity index (χ3v) is 5.18. The summed E-state index contributed by atoms with van der Waals surface area (Å²) in [6.07, 6.45) is -2.77. The zero-order valence-electron chi connectivity index (χ0n) is 15.2. The monoisotopic (exact) mass is 485 g/mol. The fraction of sp³-hybridized carbons (Fsp3) is 0.158. The second kappa shape index (κ2) is 8.83. The van der Waals surface area contributed by atoms with E-state index in [1.165, 1.54) is 23.5 Å². The van der Waals surface area contributed by atoms with E-state index in [1.54, 1.807) is 31.9 Å². The van der Waals surface area contributed by atoms with E-state index < -0.39 is 11.7 Å². The molecule has 0 radical (unpaired) electrons. The van der Waals surface area contributed by atoms with Crippen LogP contribution in [0.4, 0.5) is 18.3 Å². The van der Waals surface area contributed by atoms with Gasteiger partial charge in [0.25, 0.3) is 0 Å². The van der Waals surface area contributed by atoms with Gasteiger partial charge in [-0.3, -0.25) is 5.43 Å². The third-order valence-electron chi connectivity index (χ3n) is 3.84. The normalized spacial score (nSPS) is 11.7. The molecular formula is C19H15BrF3N3O2S. The second-order valence-corrected chi connectivity index (χ2v) is 7.43. The predicted molar refractivity (Wildman–Crippen MR) is 111 cm³/mol. The zero-order chi connectivity index (χ0) is 21.0. The third kappa shape index (κ3) is 5.07. The number of aromatic nitrogens is 1. The molecule has 0 unspecified atom stereocenters. The van der Waals surface area contributed by atoms with Crippen molar-refractivity contribution in [1.29, 1.82) is 0 Å². The molecule has 0 atom stereocenters. The molecule has 3 rings (SSSR count). The van der Waals surface area contributed by atoms with E-state index in [1.807, 2.05) is 6.07 Å². The molecule has 29 heavy (non-hydrogen) atoms. The Morgan fingerprint density at radius 1 is 1.14 bits per heavy atom. The van der Waals surface area contributed by atoms with Crippen LogP contribution in [-0.4, -0.2) is 25.4 Å². The first-order valence-corrected chi connectivity index (χ1v) is 9.83. The smallest absolute Gasteiger partial charge is 0.416 e. The highest BCUT2D eigenvalue weighted by Crippen LogP contribution is 2.36. The van der Waals surface area contributed by atoms with Crippen molar-refractivity contribution in [1.82, 2.24) is 4.98 Å². The van der Waals surface area contributed by atoms with E-state index in [2.05, 4.69) is 31.4 Å². The molecular weight excluding hydrogens is 471 g/mol. The number of anilines is 1. The lowest BCUT2D eigenvalue weighted by Gasteiger charge is -2.10. The van der Waals surface area contributed by atoms with Crippen LogP contribution in [0.3, 0.4) is 0 Å². The Balaban J connectivity index is 1.70. The molecule has 1 aromatic heterocycles. The summed E-state index contributed by atoms with van der Waals surface area (Å²) in [7, 11) is 3.09. The van der Waals surface area contributed by atoms with Gasteiger partial charge in [0.1, 0.15) is 0 Å². The van der Waals surface area contributed by atoms with Gasteiger partial charge in [0.05, 0.1) is 36.2 Å². The van der Waals surface area contributed by atoms with E-state index in [0.29, 0.717) is 27.9 Å². The minimum atomic E-state index is -4.36. The highest BCUT2D eigenvalue weighted by molar-refractivity contribution is 9.10. The topological polar surface area (TPSA) is 55.7 Å². The molecule has 1 N–H and O–H groups in total. The molecule has 2 aromatic carbocycles. The fourth-order valence-corrected chi connectivity index (χ4v) is 3.75. The van der Waals surface area contributed by atoms with Crippen molar-refractivity contribution in [2.75, 3.05) is 19.6 Å². The van der Waals surface area contributed by atoms with Crippen molar-refractivity contribution in [2.24, 2.45) is 5.10 Å². The van der Waals surface area contributed by atoms with Gasteiger partial charge in [0, 0.05) is 10.9 Å². The number of benzene rings is 2. The van der Waals surface area contributed by atoms with Crippen molar-refractivity contribution in [3.8, 4) is 22.8 Å². The van der Waals surface area contributed by atoms with E-state index >= 15 is 0 Å². The quantitative estimate of drug-likeness (QED) is 0.340. The van der Waals surface area contributed by atoms with E-state index in [4.69, 9.17) is 9.47 Å². The van der Waals surface area contributed by atoms with E-state index in [0.717, 1.165) is 22.2 Å². The van der Waals surface area contributed by atoms with Crippen molar-refractivity contribution in [3.63, 3.8) is 0 Å². The molecule has 0 fully saturated rings. The summed E-state index contributed by atoms with van der Waals surface area (Å²) in [6, 6.07) is 8.45. The van der Waals surface area contributed by atoms with Crippen LogP contribution < -0.4 is 14.9 Å². The molecule has 0 aliphatic carbocycles. The Bertz CT molecular complexity index is 1020. The first-order valence-electron chi connectivity index (χ1n) is 8.15. The largest absolute Gasteiger partial charge is 0.493 e. The van der Waals surface area contributed by atoms with Gasteiger partial charge in [-0.2, -0.15) is 18.3 Å². The van der Waals surface area contributed by atoms with Gasteiger partial charge >= 0.3 is 6.18 Å². The van der Waals surface area contributed by atoms with Crippen molar-refractivity contribution < 1.29 is 22.6 Å². The number of thiazole rings is 1. The van der Waals surface area contributed by atoms with Crippen molar-refractivity contribution >= 4 is 38.6 Å². The average Bonchev–Trinajstić information content (AvgIpc) is 3.16. The van der Waals surface area contributed by atoms with Crippen LogP contribution in [0.5, 0.6) is 11.5 Å². The molecule has 5 nitrogen and oxygen atoms in total. The molecule has 0 spiro atoms. The Hall–Kier alpha value is -2.59. The number of methoxy groups -OCH3 is 2. The lowest BCUT2D eigenvalue weighted by atomic mass is 10.1. The molecule has 1 heterocycles. The first kappa shape index (κ1) is 21.1. The number of nitrogens with one attached hydrogen (secondary N) is 1. The SMILES string of the molecule is COc1cc(C=NNc2nc(-c3ccc(C(F)(F)F)cc3)cs2)cc(Br)c1OC. The van der Waals surface area contributed by atoms with Gasteiger partial charge in [-0.15, -0.1) is 11.3 Å². The summed E-state index contributed by atoms with van der Waals surface area (Å²) >= 11 is 4.71. The molecule has 0 bridgehead atoms. The molecule has 0 saturated carbocycles. The highest BCUT2D eigenvalue weighted by Gasteiger charge is 2.30. The molecule has 0 aliphatic heterocycles. The van der Waals surface area contributed by atoms with Gasteiger partial charge in [-0.1, -0.05) is 12.1 Å². The van der Waals surface area contributed by atoms with Crippen molar-refractivity contribution in [3.05, 3.63) is 57.4 Å². The number of hydrogen-bond acceptors (Lipinski definition) is 6. The lowest BCUT2D eigenvalue weighted by Crippen LogP contribution is -2.03. The van der Waals surface area contributed by atoms with Crippen molar-refractivity contribution in [2.45, 2.75) is 6.18 Å². The van der Waals surface area contributed by atoms with Gasteiger partial charge in [-0.05, 0) is 45.8 Å². The summed E-state index contributed by atoms with van der Waals surface area (Å²) in [5, 5.41) is 6.40. The van der Waals surface area contributed by atoms with E-state index in [9.17, 15) is 13.2 Å². The first-order chi connectivity index (χ1) is 13.8. The van der Waals surface area contributed by atoms with Gasteiger partial charge in [0.15, 0.2) is 11.5 Å². The molecule has 0 saturated heterocycles. The molecule has 0 aliphatic rings. The summed E-state index contributed by atoms with van der Waals surface area (Å²) in [4.78, 5) is 4.34. The van der Waals surface area contributed by atoms with Crippen LogP contribution in [0, 0.1) is 0 Å². The lowest BCUT2D eigenvalue weighted by molar-refractivity contribution is -0.137. The minimum absolute atomic E-state index is 0.510. The summed E-state index contributed by atoms with van der Waals surface area (Å²) in [5.74, 6) is 1.14. The summed E-state index contributed by atoms with van der Waals surface area (Å²) in [6.45, 7) is 0. The zero-order valence-corrected chi connectivity index (χ0v) is 17.7. The maximum absolute atomic E-state index is 12.7. The molecule has 152 valence electrons. The maximum atomic E-state index is 12.7. The number of ether oxygens (including phenoxy) is 2. The maximum Gasteiger partial charge on any atom is 0.416 e. The second-order valence-electron chi connectivity index (χ2n) is 5.72. The molecule has 0 amide bonds. The predicted octanol–water partition coefficient (Wildman–Crippen LogP) is 6.05. The van der Waals surface area contributed by atoms with Crippen LogP contribution in [0.1, 0.15) is 11.1 Å². The van der Waals surface area contributed by atoms with Crippen LogP contribution in [-0.2, 0) is 6.18 Å². The van der Waals surface area contributed by atoms with Gasteiger partial charge < -0.3 is 9.47 Å². The standard InChI is InChI=1S/C19H15BrF3N3O2S/c1-27-16-8-11(7-14(20)17(16)28-2)9-24-26-18-25-15(10-29-18)12-3-5-13(6-4-12)19(21,22)23/h3-10H,1-2H3,(H,25,26). The minimum Gasteiger partial charge on any atom is -0.493 e. The van der Waals surface area contributed by atoms with Crippen LogP contribution >= 0.6 is 27.3 Å². The summed E-state index contributed by atoms with van der Waals surface area (Å²) in [5.41, 5.74) is 4.04. The number of hydrogen-bond donors (Lipinski definition) is 1. The van der Waals surface area contributed by atoms with Gasteiger partial charge in [-0.25, -0.2) is 4.98 Å². The Morgan fingerprint density at radius 3 is 2.48 bits per heavy atom. The summed E-state index contributed by atoms with van der Waals surface area (Å²) < 4.78 is 49.3. The number of alkyl halides is 3. The van der Waals surface area contributed by atoms with E-state index in [-0.39, 0.29) is 0 Å². The molecule has 3 aromatic rings. The van der Waals surface area contributed by atoms with Crippen LogP contribution in [0.15, 0.2) is 51.4 Å². The van der Waals surface area contributed by atoms with Crippen LogP contribution in [0.25, 0.3) is 11.3 Å². The Morgan fingerprint density at radius 2 is 1.86 bits per heavy atom. The highest BCUT2D eigenvalue weighted by atomic mass is 79.9. The number of nitrogens with zero attached hydrogens (tertiary/aromatic N) is 2. The Labute approximate surface area is 177 Å². The molecule has 10 heteroatoms. The Kier molecular flexibility index (Phi) is 6.43. The van der Waals surface area contributed by atoms with Crippen LogP contribution in [0.2, 0.25) is 0 Å². The fourth-order valence-electron chi connectivity index (χ4n) is 2.46. The average molecular weight is 486 g/mol. The number of halogens is 4. The number of rotatable bonds is 6. The van der Waals surface area contributed by atoms with Gasteiger partial charge in [0.2, 0.25) is 5.13 Å². The number of hydrazone groups is 1.